The second kappa shape index (κ2) is 5.71. The molecule has 2 N–H and O–H groups in total. The van der Waals surface area contributed by atoms with Crippen LogP contribution in [0.3, 0.4) is 0 Å². The van der Waals surface area contributed by atoms with Crippen LogP contribution in [0, 0.1) is 17.0 Å². The molecule has 0 saturated carbocycles. The smallest absolute Gasteiger partial charge is 0.336 e. The van der Waals surface area contributed by atoms with Crippen LogP contribution in [0.2, 0.25) is 0 Å². The Kier molecular flexibility index (Phi) is 3.99. The molecule has 2 aromatic rings. The van der Waals surface area contributed by atoms with Crippen molar-refractivity contribution >= 4 is 33.9 Å². The third kappa shape index (κ3) is 3.06. The maximum Gasteiger partial charge on any atom is 0.336 e. The molecule has 2 rings (SSSR count). The predicted molar refractivity (Wildman–Crippen MR) is 77.1 cm³/mol. The molecule has 21 heavy (non-hydrogen) atoms. The lowest BCUT2D eigenvalue weighted by molar-refractivity contribution is -0.380. The fourth-order valence-corrected chi connectivity index (χ4v) is 2.44. The van der Waals surface area contributed by atoms with Gasteiger partial charge in [-0.05, 0) is 24.6 Å². The number of carbonyl (C=O) groups excluding carboxylic acids is 1. The number of rotatable bonds is 4. The Hall–Kier alpha value is -2.74. The summed E-state index contributed by atoms with van der Waals surface area (Å²) in [5.74, 6) is -1.61. The standard InChI is InChI=1S/C13H10N2O5S/c1-7-9(13(17)18)3-2-4-10(7)14-12(16)8-5-11(15(19)20)21-6-8/h2-6H,1H3,(H,14,16)(H,17,18). The van der Waals surface area contributed by atoms with E-state index in [1.807, 2.05) is 0 Å². The zero-order valence-corrected chi connectivity index (χ0v) is 11.6. The molecule has 0 unspecified atom stereocenters. The molecule has 1 heterocycles. The van der Waals surface area contributed by atoms with E-state index in [1.54, 1.807) is 13.0 Å². The van der Waals surface area contributed by atoms with E-state index in [0.29, 0.717) is 11.3 Å². The number of amides is 1. The van der Waals surface area contributed by atoms with E-state index in [-0.39, 0.29) is 16.1 Å². The average molecular weight is 306 g/mol. The lowest BCUT2D eigenvalue weighted by Crippen LogP contribution is -2.13. The van der Waals surface area contributed by atoms with E-state index in [1.165, 1.54) is 23.6 Å². The lowest BCUT2D eigenvalue weighted by atomic mass is 10.1. The highest BCUT2D eigenvalue weighted by atomic mass is 32.1. The van der Waals surface area contributed by atoms with Crippen molar-refractivity contribution in [3.63, 3.8) is 0 Å². The monoisotopic (exact) mass is 306 g/mol. The summed E-state index contributed by atoms with van der Waals surface area (Å²) in [6, 6.07) is 5.70. The van der Waals surface area contributed by atoms with Gasteiger partial charge in [-0.2, -0.15) is 0 Å². The van der Waals surface area contributed by atoms with Crippen LogP contribution < -0.4 is 5.32 Å². The van der Waals surface area contributed by atoms with Crippen LogP contribution >= 0.6 is 11.3 Å². The number of benzene rings is 1. The average Bonchev–Trinajstić information content (AvgIpc) is 2.90. The van der Waals surface area contributed by atoms with Gasteiger partial charge in [0.2, 0.25) is 0 Å². The van der Waals surface area contributed by atoms with Crippen molar-refractivity contribution in [2.45, 2.75) is 6.92 Å². The van der Waals surface area contributed by atoms with Crippen molar-refractivity contribution in [2.24, 2.45) is 0 Å². The van der Waals surface area contributed by atoms with E-state index in [9.17, 15) is 19.7 Å². The minimum atomic E-state index is -1.09. The SMILES string of the molecule is Cc1c(NC(=O)c2csc([N+](=O)[O-])c2)cccc1C(=O)O. The molecule has 0 radical (unpaired) electrons. The third-order valence-corrected chi connectivity index (χ3v) is 3.72. The van der Waals surface area contributed by atoms with Crippen LogP contribution in [0.15, 0.2) is 29.6 Å². The van der Waals surface area contributed by atoms with Gasteiger partial charge < -0.3 is 10.4 Å². The zero-order valence-electron chi connectivity index (χ0n) is 10.8. The van der Waals surface area contributed by atoms with Crippen LogP contribution in [-0.4, -0.2) is 21.9 Å². The number of nitrogens with one attached hydrogen (secondary N) is 1. The van der Waals surface area contributed by atoms with Gasteiger partial charge in [0.05, 0.1) is 16.1 Å². The van der Waals surface area contributed by atoms with Gasteiger partial charge in [-0.1, -0.05) is 17.4 Å². The Morgan fingerprint density at radius 3 is 2.67 bits per heavy atom. The van der Waals surface area contributed by atoms with Gasteiger partial charge in [0, 0.05) is 17.1 Å². The van der Waals surface area contributed by atoms with Crippen molar-refractivity contribution in [1.82, 2.24) is 0 Å². The van der Waals surface area contributed by atoms with Gasteiger partial charge in [0.1, 0.15) is 0 Å². The number of carboxylic acids is 1. The zero-order chi connectivity index (χ0) is 15.6. The van der Waals surface area contributed by atoms with E-state index in [0.717, 1.165) is 11.3 Å². The molecule has 108 valence electrons. The predicted octanol–water partition coefficient (Wildman–Crippen LogP) is 2.92. The number of nitrogens with zero attached hydrogens (tertiary/aromatic N) is 1. The summed E-state index contributed by atoms with van der Waals surface area (Å²) in [7, 11) is 0. The van der Waals surface area contributed by atoms with Crippen LogP contribution in [0.1, 0.15) is 26.3 Å². The quantitative estimate of drug-likeness (QED) is 0.666. The van der Waals surface area contributed by atoms with Crippen molar-refractivity contribution < 1.29 is 19.6 Å². The van der Waals surface area contributed by atoms with Gasteiger partial charge >= 0.3 is 11.0 Å². The number of anilines is 1. The summed E-state index contributed by atoms with van der Waals surface area (Å²) in [5.41, 5.74) is 1.02. The first kappa shape index (κ1) is 14.7. The second-order valence-corrected chi connectivity index (χ2v) is 5.06. The molecule has 1 amide bonds. The number of hydrogen-bond donors (Lipinski definition) is 2. The molecule has 0 spiro atoms. The maximum absolute atomic E-state index is 12.0. The fraction of sp³-hybridized carbons (Fsp3) is 0.0769. The highest BCUT2D eigenvalue weighted by Crippen LogP contribution is 2.24. The van der Waals surface area contributed by atoms with Gasteiger partial charge in [-0.15, -0.1) is 0 Å². The van der Waals surface area contributed by atoms with Gasteiger partial charge in [-0.25, -0.2) is 4.79 Å². The fourth-order valence-electron chi connectivity index (χ4n) is 1.74. The minimum Gasteiger partial charge on any atom is -0.478 e. The second-order valence-electron chi connectivity index (χ2n) is 4.17. The first-order valence-corrected chi connectivity index (χ1v) is 6.65. The number of carboxylic acid groups (broad SMARTS) is 1. The summed E-state index contributed by atoms with van der Waals surface area (Å²) >= 11 is 0.855. The van der Waals surface area contributed by atoms with Crippen molar-refractivity contribution in [1.29, 1.82) is 0 Å². The van der Waals surface area contributed by atoms with Crippen molar-refractivity contribution in [3.05, 3.63) is 56.5 Å². The maximum atomic E-state index is 12.0. The summed E-state index contributed by atoms with van der Waals surface area (Å²) in [6.45, 7) is 1.58. The Morgan fingerprint density at radius 1 is 1.38 bits per heavy atom. The molecule has 8 heteroatoms. The summed E-state index contributed by atoms with van der Waals surface area (Å²) in [5, 5.41) is 23.4. The van der Waals surface area contributed by atoms with Gasteiger partial charge in [0.25, 0.3) is 5.91 Å². The molecule has 0 aliphatic carbocycles. The third-order valence-electron chi connectivity index (χ3n) is 2.84. The highest BCUT2D eigenvalue weighted by Gasteiger charge is 2.17. The Bertz CT molecular complexity index is 738. The molecule has 0 bridgehead atoms. The Morgan fingerprint density at radius 2 is 2.10 bits per heavy atom. The molecule has 0 saturated heterocycles. The topological polar surface area (TPSA) is 110 Å². The van der Waals surface area contributed by atoms with Crippen molar-refractivity contribution in [2.75, 3.05) is 5.32 Å². The highest BCUT2D eigenvalue weighted by molar-refractivity contribution is 7.13. The van der Waals surface area contributed by atoms with Gasteiger partial charge in [0.15, 0.2) is 0 Å². The number of carbonyl (C=O) groups is 2. The van der Waals surface area contributed by atoms with E-state index in [2.05, 4.69) is 5.32 Å². The minimum absolute atomic E-state index is 0.0871. The molecule has 7 nitrogen and oxygen atoms in total. The number of aromatic carboxylic acids is 1. The molecular weight excluding hydrogens is 296 g/mol. The van der Waals surface area contributed by atoms with E-state index < -0.39 is 16.8 Å². The van der Waals surface area contributed by atoms with E-state index >= 15 is 0 Å². The summed E-state index contributed by atoms with van der Waals surface area (Å²) < 4.78 is 0. The van der Waals surface area contributed by atoms with Crippen LogP contribution in [0.25, 0.3) is 0 Å². The summed E-state index contributed by atoms with van der Waals surface area (Å²) in [4.78, 5) is 33.0. The first-order chi connectivity index (χ1) is 9.90. The molecule has 0 atom stereocenters. The van der Waals surface area contributed by atoms with E-state index in [4.69, 9.17) is 5.11 Å². The number of hydrogen-bond acceptors (Lipinski definition) is 5. The largest absolute Gasteiger partial charge is 0.478 e. The van der Waals surface area contributed by atoms with Crippen LogP contribution in [0.4, 0.5) is 10.7 Å². The van der Waals surface area contributed by atoms with Gasteiger partial charge in [-0.3, -0.25) is 14.9 Å². The molecule has 0 aliphatic heterocycles. The van der Waals surface area contributed by atoms with Crippen molar-refractivity contribution in [3.8, 4) is 0 Å². The molecule has 1 aromatic carbocycles. The molecular formula is C13H10N2O5S. The lowest BCUT2D eigenvalue weighted by Gasteiger charge is -2.09. The number of thiophene rings is 1. The van der Waals surface area contributed by atoms with Crippen LogP contribution in [-0.2, 0) is 0 Å². The summed E-state index contributed by atoms with van der Waals surface area (Å²) in [6.07, 6.45) is 0. The first-order valence-electron chi connectivity index (χ1n) is 5.77. The van der Waals surface area contributed by atoms with Crippen LogP contribution in [0.5, 0.6) is 0 Å². The number of nitro groups is 1. The normalized spacial score (nSPS) is 10.1. The molecule has 0 aliphatic rings. The Balaban J connectivity index is 2.25. The molecule has 0 fully saturated rings. The molecule has 1 aromatic heterocycles. The Labute approximate surface area is 123 Å².